The molecule has 1 aromatic carbocycles. The number of hydrogen-bond donors (Lipinski definition) is 1. The lowest BCUT2D eigenvalue weighted by Gasteiger charge is -2.22. The molecule has 1 aromatic rings. The molecule has 1 N–H and O–H groups in total. The molecule has 1 aliphatic heterocycles. The maximum Gasteiger partial charge on any atom is 0.287 e. The number of benzene rings is 1. The zero-order chi connectivity index (χ0) is 10.9. The molecule has 4 heteroatoms. The molecule has 1 aliphatic rings. The first kappa shape index (κ1) is 10.2. The molecule has 0 bridgehead atoms. The van der Waals surface area contributed by atoms with Gasteiger partial charge in [0.25, 0.3) is 5.24 Å². The Morgan fingerprint density at radius 2 is 1.93 bits per heavy atom. The van der Waals surface area contributed by atoms with Gasteiger partial charge in [-0.15, -0.1) is 0 Å². The maximum atomic E-state index is 11.8. The lowest BCUT2D eigenvalue weighted by Crippen LogP contribution is -2.33. The Hall–Kier alpha value is -1.29. The molecule has 1 unspecified atom stereocenters. The van der Waals surface area contributed by atoms with Crippen molar-refractivity contribution in [3.05, 3.63) is 35.9 Å². The van der Waals surface area contributed by atoms with E-state index in [1.165, 1.54) is 0 Å². The van der Waals surface area contributed by atoms with Crippen molar-refractivity contribution in [2.45, 2.75) is 18.1 Å². The molecule has 78 valence electrons. The van der Waals surface area contributed by atoms with Gasteiger partial charge < -0.3 is 0 Å². The van der Waals surface area contributed by atoms with Crippen LogP contribution in [0.15, 0.2) is 30.3 Å². The van der Waals surface area contributed by atoms with Crippen LogP contribution in [0.5, 0.6) is 0 Å². The van der Waals surface area contributed by atoms with Crippen LogP contribution in [0.1, 0.15) is 18.9 Å². The van der Waals surface area contributed by atoms with E-state index in [0.29, 0.717) is 6.42 Å². The second-order valence-electron chi connectivity index (χ2n) is 3.39. The first-order chi connectivity index (χ1) is 7.19. The Kier molecular flexibility index (Phi) is 2.52. The predicted octanol–water partition coefficient (Wildman–Crippen LogP) is 2.27. The Labute approximate surface area is 92.2 Å². The highest BCUT2D eigenvalue weighted by atomic mass is 32.2. The summed E-state index contributed by atoms with van der Waals surface area (Å²) in [5.41, 5.74) is 0.890. The molecular weight excluding hydrogens is 210 g/mol. The third-order valence-electron chi connectivity index (χ3n) is 2.59. The van der Waals surface area contributed by atoms with E-state index in [2.05, 4.69) is 5.32 Å². The first-order valence-corrected chi connectivity index (χ1v) is 5.60. The second kappa shape index (κ2) is 3.70. The van der Waals surface area contributed by atoms with Gasteiger partial charge in [-0.3, -0.25) is 14.9 Å². The molecule has 0 spiro atoms. The van der Waals surface area contributed by atoms with Crippen LogP contribution in [-0.4, -0.2) is 11.1 Å². The van der Waals surface area contributed by atoms with Crippen molar-refractivity contribution in [1.29, 1.82) is 0 Å². The fourth-order valence-electron chi connectivity index (χ4n) is 1.76. The summed E-state index contributed by atoms with van der Waals surface area (Å²) >= 11 is 1.07. The number of carbonyl (C=O) groups is 2. The van der Waals surface area contributed by atoms with Crippen LogP contribution in [0.3, 0.4) is 0 Å². The minimum atomic E-state index is -0.724. The molecular formula is C11H11NO2S. The van der Waals surface area contributed by atoms with Gasteiger partial charge >= 0.3 is 0 Å². The van der Waals surface area contributed by atoms with Crippen LogP contribution >= 0.6 is 11.8 Å². The molecule has 0 saturated carbocycles. The predicted molar refractivity (Wildman–Crippen MR) is 59.5 cm³/mol. The lowest BCUT2D eigenvalue weighted by atomic mass is 9.94. The molecule has 15 heavy (non-hydrogen) atoms. The van der Waals surface area contributed by atoms with Crippen LogP contribution in [0.2, 0.25) is 0 Å². The largest absolute Gasteiger partial charge is 0.287 e. The van der Waals surface area contributed by atoms with Gasteiger partial charge in [0.2, 0.25) is 5.91 Å². The van der Waals surface area contributed by atoms with Crippen LogP contribution in [0, 0.1) is 0 Å². The third-order valence-corrected chi connectivity index (χ3v) is 3.93. The number of hydrogen-bond acceptors (Lipinski definition) is 3. The van der Waals surface area contributed by atoms with Gasteiger partial charge in [-0.2, -0.15) is 0 Å². The average molecular weight is 221 g/mol. The van der Waals surface area contributed by atoms with Crippen molar-refractivity contribution in [3.63, 3.8) is 0 Å². The summed E-state index contributed by atoms with van der Waals surface area (Å²) in [7, 11) is 0. The molecule has 1 heterocycles. The summed E-state index contributed by atoms with van der Waals surface area (Å²) in [6, 6.07) is 9.42. The van der Waals surface area contributed by atoms with Gasteiger partial charge in [0.1, 0.15) is 4.75 Å². The number of imide groups is 1. The lowest BCUT2D eigenvalue weighted by molar-refractivity contribution is -0.122. The van der Waals surface area contributed by atoms with E-state index in [1.807, 2.05) is 37.3 Å². The third kappa shape index (κ3) is 1.55. The molecule has 0 aliphatic carbocycles. The molecule has 2 rings (SSSR count). The standard InChI is InChI=1S/C11H11NO2S/c1-2-11(8-6-4-3-5-7-8)9(13)12-10(14)15-11/h3-7H,2H2,1H3,(H,12,13,14). The normalized spacial score (nSPS) is 25.4. The van der Waals surface area contributed by atoms with Crippen molar-refractivity contribution in [2.24, 2.45) is 0 Å². The molecule has 0 aromatic heterocycles. The summed E-state index contributed by atoms with van der Waals surface area (Å²) in [4.78, 5) is 23.0. The fourth-order valence-corrected chi connectivity index (χ4v) is 2.76. The van der Waals surface area contributed by atoms with Crippen molar-refractivity contribution < 1.29 is 9.59 Å². The van der Waals surface area contributed by atoms with Gasteiger partial charge in [-0.05, 0) is 23.7 Å². The molecule has 1 atom stereocenters. The SMILES string of the molecule is CCC1(c2ccccc2)SC(=O)NC1=O. The monoisotopic (exact) mass is 221 g/mol. The van der Waals surface area contributed by atoms with E-state index < -0.39 is 4.75 Å². The van der Waals surface area contributed by atoms with E-state index in [0.717, 1.165) is 17.3 Å². The second-order valence-corrected chi connectivity index (χ2v) is 4.66. The van der Waals surface area contributed by atoms with Crippen LogP contribution < -0.4 is 5.32 Å². The Balaban J connectivity index is 2.47. The van der Waals surface area contributed by atoms with Crippen LogP contribution in [-0.2, 0) is 9.54 Å². The van der Waals surface area contributed by atoms with E-state index in [9.17, 15) is 9.59 Å². The number of rotatable bonds is 2. The van der Waals surface area contributed by atoms with Gasteiger partial charge in [0.15, 0.2) is 0 Å². The Morgan fingerprint density at radius 1 is 1.27 bits per heavy atom. The van der Waals surface area contributed by atoms with Crippen molar-refractivity contribution in [2.75, 3.05) is 0 Å². The number of thioether (sulfide) groups is 1. The van der Waals surface area contributed by atoms with Crippen molar-refractivity contribution in [3.8, 4) is 0 Å². The highest BCUT2D eigenvalue weighted by molar-refractivity contribution is 8.15. The fraction of sp³-hybridized carbons (Fsp3) is 0.273. The molecule has 3 nitrogen and oxygen atoms in total. The van der Waals surface area contributed by atoms with E-state index in [-0.39, 0.29) is 11.1 Å². The highest BCUT2D eigenvalue weighted by Gasteiger charge is 2.47. The van der Waals surface area contributed by atoms with Crippen molar-refractivity contribution in [1.82, 2.24) is 5.32 Å². The summed E-state index contributed by atoms with van der Waals surface area (Å²) in [6.07, 6.45) is 0.610. The molecule has 0 radical (unpaired) electrons. The van der Waals surface area contributed by atoms with E-state index in [1.54, 1.807) is 0 Å². The van der Waals surface area contributed by atoms with Gasteiger partial charge in [-0.1, -0.05) is 37.3 Å². The van der Waals surface area contributed by atoms with E-state index >= 15 is 0 Å². The van der Waals surface area contributed by atoms with Gasteiger partial charge in [-0.25, -0.2) is 0 Å². The van der Waals surface area contributed by atoms with Crippen LogP contribution in [0.25, 0.3) is 0 Å². The molecule has 1 saturated heterocycles. The zero-order valence-corrected chi connectivity index (χ0v) is 9.14. The Morgan fingerprint density at radius 3 is 2.40 bits per heavy atom. The molecule has 1 fully saturated rings. The zero-order valence-electron chi connectivity index (χ0n) is 8.32. The summed E-state index contributed by atoms with van der Waals surface area (Å²) in [5.74, 6) is -0.203. The topological polar surface area (TPSA) is 46.2 Å². The highest BCUT2D eigenvalue weighted by Crippen LogP contribution is 2.43. The first-order valence-electron chi connectivity index (χ1n) is 4.79. The van der Waals surface area contributed by atoms with Crippen LogP contribution in [0.4, 0.5) is 4.79 Å². The number of carbonyl (C=O) groups excluding carboxylic acids is 2. The minimum absolute atomic E-state index is 0.203. The smallest absolute Gasteiger partial charge is 0.286 e. The quantitative estimate of drug-likeness (QED) is 0.833. The van der Waals surface area contributed by atoms with Gasteiger partial charge in [0.05, 0.1) is 0 Å². The van der Waals surface area contributed by atoms with E-state index in [4.69, 9.17) is 0 Å². The number of amides is 2. The number of nitrogens with one attached hydrogen (secondary N) is 1. The van der Waals surface area contributed by atoms with Crippen molar-refractivity contribution >= 4 is 22.9 Å². The summed E-state index contributed by atoms with van der Waals surface area (Å²) in [5, 5.41) is 2.08. The minimum Gasteiger partial charge on any atom is -0.286 e. The summed E-state index contributed by atoms with van der Waals surface area (Å²) < 4.78 is -0.724. The summed E-state index contributed by atoms with van der Waals surface area (Å²) in [6.45, 7) is 1.91. The Bertz CT molecular complexity index is 404. The molecule has 2 amide bonds. The van der Waals surface area contributed by atoms with Gasteiger partial charge in [0, 0.05) is 0 Å². The average Bonchev–Trinajstić information content (AvgIpc) is 2.56. The maximum absolute atomic E-state index is 11.8.